The summed E-state index contributed by atoms with van der Waals surface area (Å²) in [7, 11) is 0. The standard InChI is InChI=1S/C23H27ClF2N8O2/c1-14-3-2-4-16-18(14)28-20(19(25)26)34(16)23-30-21(29-22(31-23)33-9-11-36-12-10-33)27-15-5-7-32(8-6-15)17(35)13-24/h2-4,15,19H,5-13H2,1H3,(H,27,29,30,31). The van der Waals surface area contributed by atoms with Gasteiger partial charge >= 0.3 is 0 Å². The molecule has 1 aromatic carbocycles. The van der Waals surface area contributed by atoms with Gasteiger partial charge in [0.1, 0.15) is 5.88 Å². The van der Waals surface area contributed by atoms with Crippen LogP contribution in [-0.4, -0.2) is 86.6 Å². The molecule has 2 aromatic heterocycles. The molecule has 0 bridgehead atoms. The molecule has 0 radical (unpaired) electrons. The van der Waals surface area contributed by atoms with E-state index in [4.69, 9.17) is 16.3 Å². The number of fused-ring (bicyclic) bond motifs is 1. The Morgan fingerprint density at radius 1 is 1.11 bits per heavy atom. The molecule has 13 heteroatoms. The fraction of sp³-hybridized carbons (Fsp3) is 0.522. The number of hydrogen-bond donors (Lipinski definition) is 1. The first-order valence-electron chi connectivity index (χ1n) is 11.9. The van der Waals surface area contributed by atoms with Crippen LogP contribution in [0.4, 0.5) is 20.7 Å². The Morgan fingerprint density at radius 3 is 2.53 bits per heavy atom. The quantitative estimate of drug-likeness (QED) is 0.495. The number of rotatable bonds is 6. The molecule has 4 heterocycles. The summed E-state index contributed by atoms with van der Waals surface area (Å²) < 4.78 is 35.0. The first kappa shape index (κ1) is 24.6. The van der Waals surface area contributed by atoms with Gasteiger partial charge in [-0.15, -0.1) is 11.6 Å². The SMILES string of the molecule is Cc1cccc2c1nc(C(F)F)n2-c1nc(NC2CCN(C(=O)CCl)CC2)nc(N2CCOCC2)n1. The van der Waals surface area contributed by atoms with E-state index in [0.717, 1.165) is 5.56 Å². The minimum Gasteiger partial charge on any atom is -0.378 e. The number of carbonyl (C=O) groups excluding carboxylic acids is 1. The Hall–Kier alpha value is -3.12. The third-order valence-electron chi connectivity index (χ3n) is 6.51. The van der Waals surface area contributed by atoms with Crippen molar-refractivity contribution in [2.45, 2.75) is 32.2 Å². The number of ether oxygens (including phenoxy) is 1. The minimum absolute atomic E-state index is 0.00788. The van der Waals surface area contributed by atoms with Crippen LogP contribution >= 0.6 is 11.6 Å². The van der Waals surface area contributed by atoms with E-state index < -0.39 is 12.2 Å². The number of halogens is 3. The lowest BCUT2D eigenvalue weighted by Crippen LogP contribution is -2.43. The molecule has 2 fully saturated rings. The number of likely N-dealkylation sites (tertiary alicyclic amines) is 1. The Bertz CT molecular complexity index is 1240. The fourth-order valence-corrected chi connectivity index (χ4v) is 4.75. The second-order valence-electron chi connectivity index (χ2n) is 8.84. The van der Waals surface area contributed by atoms with Crippen molar-refractivity contribution >= 4 is 40.4 Å². The lowest BCUT2D eigenvalue weighted by Gasteiger charge is -2.32. The van der Waals surface area contributed by atoms with Crippen LogP contribution in [0.25, 0.3) is 17.0 Å². The first-order valence-corrected chi connectivity index (χ1v) is 12.4. The van der Waals surface area contributed by atoms with Gasteiger partial charge in [0.2, 0.25) is 23.8 Å². The number of hydrogen-bond acceptors (Lipinski definition) is 8. The maximum atomic E-state index is 14.1. The Kier molecular flexibility index (Phi) is 7.15. The van der Waals surface area contributed by atoms with Gasteiger partial charge in [-0.1, -0.05) is 12.1 Å². The minimum atomic E-state index is -2.82. The largest absolute Gasteiger partial charge is 0.378 e. The van der Waals surface area contributed by atoms with E-state index in [1.54, 1.807) is 17.0 Å². The molecule has 2 aliphatic heterocycles. The third kappa shape index (κ3) is 4.92. The molecule has 36 heavy (non-hydrogen) atoms. The summed E-state index contributed by atoms with van der Waals surface area (Å²) in [4.78, 5) is 33.6. The Morgan fingerprint density at radius 2 is 1.83 bits per heavy atom. The number of imidazole rings is 1. The number of nitrogens with zero attached hydrogens (tertiary/aromatic N) is 7. The highest BCUT2D eigenvalue weighted by Crippen LogP contribution is 2.29. The van der Waals surface area contributed by atoms with Gasteiger partial charge in [-0.05, 0) is 31.4 Å². The van der Waals surface area contributed by atoms with Crippen molar-refractivity contribution in [2.75, 3.05) is 55.5 Å². The molecule has 2 aliphatic rings. The second-order valence-corrected chi connectivity index (χ2v) is 9.11. The number of anilines is 2. The van der Waals surface area contributed by atoms with Crippen LogP contribution < -0.4 is 10.2 Å². The number of benzene rings is 1. The van der Waals surface area contributed by atoms with Crippen molar-refractivity contribution in [2.24, 2.45) is 0 Å². The van der Waals surface area contributed by atoms with Gasteiger partial charge in [0.15, 0.2) is 5.82 Å². The number of morpholine rings is 1. The smallest absolute Gasteiger partial charge is 0.296 e. The summed E-state index contributed by atoms with van der Waals surface area (Å²) in [5, 5.41) is 3.34. The van der Waals surface area contributed by atoms with Crippen molar-refractivity contribution in [3.63, 3.8) is 0 Å². The monoisotopic (exact) mass is 520 g/mol. The summed E-state index contributed by atoms with van der Waals surface area (Å²) in [5.41, 5.74) is 1.77. The highest BCUT2D eigenvalue weighted by molar-refractivity contribution is 6.27. The zero-order valence-electron chi connectivity index (χ0n) is 19.8. The predicted octanol–water partition coefficient (Wildman–Crippen LogP) is 2.93. The molecule has 0 atom stereocenters. The van der Waals surface area contributed by atoms with E-state index >= 15 is 0 Å². The van der Waals surface area contributed by atoms with Crippen molar-refractivity contribution in [1.82, 2.24) is 29.4 Å². The van der Waals surface area contributed by atoms with Gasteiger partial charge in [0.25, 0.3) is 6.43 Å². The highest BCUT2D eigenvalue weighted by Gasteiger charge is 2.27. The molecule has 0 unspecified atom stereocenters. The van der Waals surface area contributed by atoms with Gasteiger partial charge < -0.3 is 19.9 Å². The van der Waals surface area contributed by atoms with Crippen LogP contribution in [-0.2, 0) is 9.53 Å². The topological polar surface area (TPSA) is 101 Å². The second kappa shape index (κ2) is 10.5. The summed E-state index contributed by atoms with van der Waals surface area (Å²) in [6.07, 6.45) is -1.45. The summed E-state index contributed by atoms with van der Waals surface area (Å²) in [6.45, 7) is 5.16. The number of aromatic nitrogens is 5. The molecule has 1 amide bonds. The third-order valence-corrected chi connectivity index (χ3v) is 6.74. The van der Waals surface area contributed by atoms with Crippen LogP contribution in [0, 0.1) is 6.92 Å². The molecule has 192 valence electrons. The molecule has 0 saturated carbocycles. The van der Waals surface area contributed by atoms with Gasteiger partial charge in [-0.3, -0.25) is 9.36 Å². The van der Waals surface area contributed by atoms with Crippen LogP contribution in [0.5, 0.6) is 0 Å². The summed E-state index contributed by atoms with van der Waals surface area (Å²) >= 11 is 5.69. The van der Waals surface area contributed by atoms with Crippen molar-refractivity contribution in [1.29, 1.82) is 0 Å². The number of piperidine rings is 1. The van der Waals surface area contributed by atoms with E-state index in [2.05, 4.69) is 25.3 Å². The zero-order valence-corrected chi connectivity index (χ0v) is 20.6. The van der Waals surface area contributed by atoms with Gasteiger partial charge in [0, 0.05) is 32.2 Å². The zero-order chi connectivity index (χ0) is 25.2. The molecule has 5 rings (SSSR count). The van der Waals surface area contributed by atoms with Crippen LogP contribution in [0.1, 0.15) is 30.7 Å². The van der Waals surface area contributed by atoms with Crippen molar-refractivity contribution < 1.29 is 18.3 Å². The molecule has 10 nitrogen and oxygen atoms in total. The average Bonchev–Trinajstić information content (AvgIpc) is 3.30. The van der Waals surface area contributed by atoms with Gasteiger partial charge in [-0.25, -0.2) is 13.8 Å². The van der Waals surface area contributed by atoms with Crippen LogP contribution in [0.3, 0.4) is 0 Å². The number of nitrogens with one attached hydrogen (secondary N) is 1. The normalized spacial score (nSPS) is 17.2. The lowest BCUT2D eigenvalue weighted by atomic mass is 10.1. The van der Waals surface area contributed by atoms with Gasteiger partial charge in [0.05, 0.1) is 24.2 Å². The number of amides is 1. The number of para-hydroxylation sites is 1. The molecule has 0 aliphatic carbocycles. The Labute approximate surface area is 211 Å². The number of carbonyl (C=O) groups is 1. The summed E-state index contributed by atoms with van der Waals surface area (Å²) in [5.74, 6) is 0.204. The highest BCUT2D eigenvalue weighted by atomic mass is 35.5. The van der Waals surface area contributed by atoms with Gasteiger partial charge in [-0.2, -0.15) is 15.0 Å². The maximum Gasteiger partial charge on any atom is 0.296 e. The fourth-order valence-electron chi connectivity index (χ4n) is 4.58. The number of alkyl halides is 3. The molecular formula is C23H27ClF2N8O2. The average molecular weight is 521 g/mol. The molecule has 1 N–H and O–H groups in total. The van der Waals surface area contributed by atoms with E-state index in [9.17, 15) is 13.6 Å². The molecule has 2 saturated heterocycles. The first-order chi connectivity index (χ1) is 17.4. The van der Waals surface area contributed by atoms with E-state index in [0.29, 0.717) is 75.2 Å². The Balaban J connectivity index is 1.53. The van der Waals surface area contributed by atoms with Crippen LogP contribution in [0.15, 0.2) is 18.2 Å². The lowest BCUT2D eigenvalue weighted by molar-refractivity contribution is -0.129. The molecule has 0 spiro atoms. The van der Waals surface area contributed by atoms with E-state index in [1.165, 1.54) is 4.57 Å². The van der Waals surface area contributed by atoms with Crippen molar-refractivity contribution in [3.05, 3.63) is 29.6 Å². The van der Waals surface area contributed by atoms with E-state index in [-0.39, 0.29) is 23.8 Å². The van der Waals surface area contributed by atoms with Crippen LogP contribution in [0.2, 0.25) is 0 Å². The molecular weight excluding hydrogens is 494 g/mol. The number of aryl methyl sites for hydroxylation is 1. The maximum absolute atomic E-state index is 14.1. The van der Waals surface area contributed by atoms with Crippen molar-refractivity contribution in [3.8, 4) is 5.95 Å². The molecule has 3 aromatic rings. The van der Waals surface area contributed by atoms with E-state index in [1.807, 2.05) is 17.9 Å². The summed E-state index contributed by atoms with van der Waals surface area (Å²) in [6, 6.07) is 5.37. The predicted molar refractivity (Wildman–Crippen MR) is 131 cm³/mol.